The molecule has 1 heterocycles. The second-order valence-electron chi connectivity index (χ2n) is 5.28. The van der Waals surface area contributed by atoms with Crippen LogP contribution in [0.5, 0.6) is 0 Å². The van der Waals surface area contributed by atoms with Crippen LogP contribution < -0.4 is 0 Å². The molecule has 1 aliphatic heterocycles. The van der Waals surface area contributed by atoms with E-state index in [1.165, 1.54) is 0 Å². The number of allylic oxidation sites excluding steroid dienone is 1. The summed E-state index contributed by atoms with van der Waals surface area (Å²) in [5, 5.41) is -0.0283. The first-order chi connectivity index (χ1) is 7.37. The molecule has 0 saturated carbocycles. The van der Waals surface area contributed by atoms with Gasteiger partial charge in [-0.25, -0.2) is 0 Å². The minimum atomic E-state index is -2.14. The fourth-order valence-corrected chi connectivity index (χ4v) is 5.97. The van der Waals surface area contributed by atoms with E-state index in [-0.39, 0.29) is 10.6 Å². The molecule has 0 aromatic heterocycles. The first-order valence-electron chi connectivity index (χ1n) is 6.01. The Labute approximate surface area is 100 Å². The lowest BCUT2D eigenvalue weighted by Crippen LogP contribution is -2.62. The van der Waals surface area contributed by atoms with Gasteiger partial charge in [-0.15, -0.1) is 0 Å². The van der Waals surface area contributed by atoms with Gasteiger partial charge >= 0.3 is 0 Å². The maximum atomic E-state index is 12.3. The average Bonchev–Trinajstić information content (AvgIpc) is 2.28. The standard InChI is InChI=1S/C13H23O2Si/c1-6-13(9-7-8-10-15-13)16(4,5)12(14)11(2)3/h1-2,6-10H2,3-5H3. The molecule has 0 aromatic rings. The third kappa shape index (κ3) is 2.16. The van der Waals surface area contributed by atoms with Crippen LogP contribution in [0, 0.1) is 6.92 Å². The van der Waals surface area contributed by atoms with E-state index in [1.54, 1.807) is 6.92 Å². The highest BCUT2D eigenvalue weighted by atomic mass is 28.3. The molecule has 3 heteroatoms. The van der Waals surface area contributed by atoms with E-state index in [2.05, 4.69) is 26.6 Å². The topological polar surface area (TPSA) is 26.3 Å². The van der Waals surface area contributed by atoms with Crippen LogP contribution in [0.15, 0.2) is 12.2 Å². The quantitative estimate of drug-likeness (QED) is 0.556. The van der Waals surface area contributed by atoms with Gasteiger partial charge in [0.2, 0.25) is 0 Å². The molecular weight excluding hydrogens is 216 g/mol. The van der Waals surface area contributed by atoms with Gasteiger partial charge in [0, 0.05) is 6.61 Å². The van der Waals surface area contributed by atoms with E-state index in [0.29, 0.717) is 12.0 Å². The normalized spacial score (nSPS) is 26.5. The highest BCUT2D eigenvalue weighted by molar-refractivity contribution is 7.08. The van der Waals surface area contributed by atoms with Gasteiger partial charge in [-0.05, 0) is 38.2 Å². The number of hydrogen-bond donors (Lipinski definition) is 0. The summed E-state index contributed by atoms with van der Waals surface area (Å²) < 4.78 is 5.99. The molecule has 0 N–H and O–H groups in total. The van der Waals surface area contributed by atoms with Crippen LogP contribution in [0.4, 0.5) is 0 Å². The summed E-state index contributed by atoms with van der Waals surface area (Å²) in [5.74, 6) is 0. The summed E-state index contributed by atoms with van der Waals surface area (Å²) in [6.45, 7) is 14.6. The maximum Gasteiger partial charge on any atom is 0.168 e. The van der Waals surface area contributed by atoms with Crippen molar-refractivity contribution in [2.24, 2.45) is 0 Å². The van der Waals surface area contributed by atoms with E-state index in [0.717, 1.165) is 25.9 Å². The average molecular weight is 239 g/mol. The molecule has 1 rings (SSSR count). The van der Waals surface area contributed by atoms with Gasteiger partial charge in [0.15, 0.2) is 8.07 Å². The molecule has 1 fully saturated rings. The van der Waals surface area contributed by atoms with E-state index in [9.17, 15) is 4.79 Å². The fraction of sp³-hybridized carbons (Fsp3) is 0.692. The van der Waals surface area contributed by atoms with Crippen LogP contribution in [0.2, 0.25) is 13.1 Å². The number of carbonyl (C=O) groups is 1. The summed E-state index contributed by atoms with van der Waals surface area (Å²) in [4.78, 5) is 12.3. The maximum absolute atomic E-state index is 12.3. The van der Waals surface area contributed by atoms with E-state index < -0.39 is 8.07 Å². The Morgan fingerprint density at radius 1 is 1.44 bits per heavy atom. The third-order valence-corrected chi connectivity index (χ3v) is 8.34. The zero-order chi connectivity index (χ0) is 12.4. The van der Waals surface area contributed by atoms with Crippen molar-refractivity contribution in [1.29, 1.82) is 0 Å². The Morgan fingerprint density at radius 3 is 2.44 bits per heavy atom. The van der Waals surface area contributed by atoms with Crippen molar-refractivity contribution < 1.29 is 9.53 Å². The Kier molecular flexibility index (Phi) is 4.13. The zero-order valence-electron chi connectivity index (χ0n) is 10.8. The minimum Gasteiger partial charge on any atom is -0.378 e. The molecule has 0 aliphatic carbocycles. The third-order valence-electron chi connectivity index (χ3n) is 3.85. The molecule has 0 aromatic carbocycles. The molecule has 16 heavy (non-hydrogen) atoms. The van der Waals surface area contributed by atoms with Crippen molar-refractivity contribution in [2.45, 2.75) is 50.9 Å². The predicted octanol–water partition coefficient (Wildman–Crippen LogP) is 3.08. The number of rotatable bonds is 4. The number of hydrogen-bond acceptors (Lipinski definition) is 2. The fourth-order valence-electron chi connectivity index (χ4n) is 2.60. The molecule has 2 nitrogen and oxygen atoms in total. The summed E-state index contributed by atoms with van der Waals surface area (Å²) in [5.41, 5.74) is 0.665. The molecular formula is C13H23O2Si. The lowest BCUT2D eigenvalue weighted by Gasteiger charge is -2.46. The van der Waals surface area contributed by atoms with Gasteiger partial charge in [0.1, 0.15) is 5.41 Å². The van der Waals surface area contributed by atoms with Gasteiger partial charge in [-0.3, -0.25) is 0 Å². The molecule has 1 saturated heterocycles. The first kappa shape index (κ1) is 13.7. The van der Waals surface area contributed by atoms with Crippen LogP contribution in [0.25, 0.3) is 0 Å². The lowest BCUT2D eigenvalue weighted by molar-refractivity contribution is -0.111. The van der Waals surface area contributed by atoms with Gasteiger partial charge in [0.05, 0.1) is 5.22 Å². The molecule has 1 unspecified atom stereocenters. The molecule has 1 atom stereocenters. The van der Waals surface area contributed by atoms with Crippen molar-refractivity contribution in [3.8, 4) is 0 Å². The van der Waals surface area contributed by atoms with Crippen LogP contribution in [0.3, 0.4) is 0 Å². The predicted molar refractivity (Wildman–Crippen MR) is 69.8 cm³/mol. The van der Waals surface area contributed by atoms with Crippen LogP contribution in [-0.4, -0.2) is 25.3 Å². The minimum absolute atomic E-state index is 0.234. The summed E-state index contributed by atoms with van der Waals surface area (Å²) in [6, 6.07) is 0. The summed E-state index contributed by atoms with van der Waals surface area (Å²) in [6.07, 6.45) is 3.93. The van der Waals surface area contributed by atoms with Gasteiger partial charge in [-0.2, -0.15) is 0 Å². The highest BCUT2D eigenvalue weighted by Gasteiger charge is 2.52. The summed E-state index contributed by atoms with van der Waals surface area (Å²) >= 11 is 0. The molecule has 1 radical (unpaired) electrons. The molecule has 91 valence electrons. The first-order valence-corrected chi connectivity index (χ1v) is 9.01. The van der Waals surface area contributed by atoms with E-state index >= 15 is 0 Å². The van der Waals surface area contributed by atoms with E-state index in [1.807, 2.05) is 0 Å². The SMILES string of the molecule is [CH2]CC1([Si](C)(C)C(=O)C(=C)C)CCCCO1. The Bertz CT molecular complexity index is 288. The van der Waals surface area contributed by atoms with Crippen LogP contribution >= 0.6 is 0 Å². The zero-order valence-corrected chi connectivity index (χ0v) is 11.8. The molecule has 0 bridgehead atoms. The number of carbonyl (C=O) groups excluding carboxylic acids is 1. The van der Waals surface area contributed by atoms with Gasteiger partial charge in [-0.1, -0.05) is 26.6 Å². The molecule has 0 spiro atoms. The Hall–Kier alpha value is -0.413. The van der Waals surface area contributed by atoms with Crippen molar-refractivity contribution in [2.75, 3.05) is 6.61 Å². The second-order valence-corrected chi connectivity index (χ2v) is 9.90. The van der Waals surface area contributed by atoms with Crippen molar-refractivity contribution in [3.05, 3.63) is 19.1 Å². The van der Waals surface area contributed by atoms with E-state index in [4.69, 9.17) is 4.74 Å². The van der Waals surface area contributed by atoms with Gasteiger partial charge in [0.25, 0.3) is 0 Å². The largest absolute Gasteiger partial charge is 0.378 e. The number of ether oxygens (including phenoxy) is 1. The lowest BCUT2D eigenvalue weighted by atomic mass is 10.1. The molecule has 0 amide bonds. The Balaban J connectivity index is 3.01. The smallest absolute Gasteiger partial charge is 0.168 e. The van der Waals surface area contributed by atoms with Crippen LogP contribution in [0.1, 0.15) is 32.6 Å². The Morgan fingerprint density at radius 2 is 2.06 bits per heavy atom. The van der Waals surface area contributed by atoms with Gasteiger partial charge < -0.3 is 9.53 Å². The monoisotopic (exact) mass is 239 g/mol. The van der Waals surface area contributed by atoms with Crippen LogP contribution in [-0.2, 0) is 9.53 Å². The second kappa shape index (κ2) is 4.84. The van der Waals surface area contributed by atoms with Crippen molar-refractivity contribution in [3.63, 3.8) is 0 Å². The highest BCUT2D eigenvalue weighted by Crippen LogP contribution is 2.38. The van der Waals surface area contributed by atoms with Crippen molar-refractivity contribution in [1.82, 2.24) is 0 Å². The van der Waals surface area contributed by atoms with Crippen molar-refractivity contribution >= 4 is 13.5 Å². The molecule has 1 aliphatic rings. The summed E-state index contributed by atoms with van der Waals surface area (Å²) in [7, 11) is -2.14.